The molecule has 0 amide bonds. The van der Waals surface area contributed by atoms with Crippen molar-refractivity contribution in [3.63, 3.8) is 0 Å². The number of nitro groups is 2. The number of nitrogens with zero attached hydrogens (tertiary/aromatic N) is 2. The predicted molar refractivity (Wildman–Crippen MR) is 69.9 cm³/mol. The van der Waals surface area contributed by atoms with Gasteiger partial charge >= 0.3 is 0 Å². The van der Waals surface area contributed by atoms with Crippen LogP contribution in [0.15, 0.2) is 42.5 Å². The van der Waals surface area contributed by atoms with Crippen LogP contribution in [-0.4, -0.2) is 9.85 Å². The van der Waals surface area contributed by atoms with Gasteiger partial charge in [-0.2, -0.15) is 0 Å². The fraction of sp³-hybridized carbons (Fsp3) is 0.0769. The van der Waals surface area contributed by atoms with E-state index in [-0.39, 0.29) is 11.4 Å². The standard InChI is InChI=1S/C13H10N2O4/c1-9-6-7-10(8-13(9)15(18)19)11-4-2-3-5-12(11)14(16)17/h2-8H,1H3. The Kier molecular flexibility index (Phi) is 3.24. The van der Waals surface area contributed by atoms with Crippen molar-refractivity contribution in [2.24, 2.45) is 0 Å². The van der Waals surface area contributed by atoms with Crippen molar-refractivity contribution < 1.29 is 9.85 Å². The van der Waals surface area contributed by atoms with Crippen LogP contribution < -0.4 is 0 Å². The Morgan fingerprint density at radius 2 is 1.53 bits per heavy atom. The van der Waals surface area contributed by atoms with Crippen LogP contribution in [0.25, 0.3) is 11.1 Å². The maximum absolute atomic E-state index is 11.0. The molecule has 2 aromatic rings. The van der Waals surface area contributed by atoms with Crippen LogP contribution in [-0.2, 0) is 0 Å². The fourth-order valence-corrected chi connectivity index (χ4v) is 1.85. The molecular weight excluding hydrogens is 248 g/mol. The zero-order valence-electron chi connectivity index (χ0n) is 10.1. The van der Waals surface area contributed by atoms with Gasteiger partial charge in [-0.1, -0.05) is 24.3 Å². The number of aryl methyl sites for hydroxylation is 1. The lowest BCUT2D eigenvalue weighted by atomic mass is 10.0. The Morgan fingerprint density at radius 1 is 0.895 bits per heavy atom. The largest absolute Gasteiger partial charge is 0.277 e. The lowest BCUT2D eigenvalue weighted by Crippen LogP contribution is -1.94. The van der Waals surface area contributed by atoms with Crippen molar-refractivity contribution in [1.29, 1.82) is 0 Å². The molecule has 19 heavy (non-hydrogen) atoms. The summed E-state index contributed by atoms with van der Waals surface area (Å²) in [6.45, 7) is 1.63. The zero-order chi connectivity index (χ0) is 14.0. The van der Waals surface area contributed by atoms with E-state index in [1.54, 1.807) is 37.3 Å². The first-order valence-corrected chi connectivity index (χ1v) is 5.49. The average molecular weight is 258 g/mol. The van der Waals surface area contributed by atoms with E-state index in [4.69, 9.17) is 0 Å². The van der Waals surface area contributed by atoms with Gasteiger partial charge in [-0.05, 0) is 18.6 Å². The second kappa shape index (κ2) is 4.85. The third-order valence-electron chi connectivity index (χ3n) is 2.82. The third-order valence-corrected chi connectivity index (χ3v) is 2.82. The van der Waals surface area contributed by atoms with Gasteiger partial charge in [-0.15, -0.1) is 0 Å². The van der Waals surface area contributed by atoms with E-state index >= 15 is 0 Å². The molecule has 6 nitrogen and oxygen atoms in total. The van der Waals surface area contributed by atoms with E-state index in [0.717, 1.165) is 0 Å². The van der Waals surface area contributed by atoms with E-state index in [1.165, 1.54) is 12.1 Å². The fourth-order valence-electron chi connectivity index (χ4n) is 1.85. The van der Waals surface area contributed by atoms with Crippen LogP contribution in [0.2, 0.25) is 0 Å². The van der Waals surface area contributed by atoms with Gasteiger partial charge in [0, 0.05) is 17.7 Å². The van der Waals surface area contributed by atoms with E-state index < -0.39 is 9.85 Å². The molecule has 0 radical (unpaired) electrons. The Bertz CT molecular complexity index is 667. The molecule has 0 saturated heterocycles. The van der Waals surface area contributed by atoms with E-state index in [1.807, 2.05) is 0 Å². The highest BCUT2D eigenvalue weighted by Crippen LogP contribution is 2.32. The zero-order valence-corrected chi connectivity index (χ0v) is 10.1. The van der Waals surface area contributed by atoms with Crippen LogP contribution in [0.1, 0.15) is 5.56 Å². The summed E-state index contributed by atoms with van der Waals surface area (Å²) in [5.41, 5.74) is 1.24. The van der Waals surface area contributed by atoms with Crippen LogP contribution in [0, 0.1) is 27.2 Å². The average Bonchev–Trinajstić information content (AvgIpc) is 2.39. The second-order valence-corrected chi connectivity index (χ2v) is 4.03. The van der Waals surface area contributed by atoms with Gasteiger partial charge in [0.05, 0.1) is 15.4 Å². The SMILES string of the molecule is Cc1ccc(-c2ccccc2[N+](=O)[O-])cc1[N+](=O)[O-]. The van der Waals surface area contributed by atoms with Gasteiger partial charge in [0.2, 0.25) is 0 Å². The Morgan fingerprint density at radius 3 is 2.16 bits per heavy atom. The predicted octanol–water partition coefficient (Wildman–Crippen LogP) is 3.48. The minimum absolute atomic E-state index is 0.0457. The molecule has 0 fully saturated rings. The lowest BCUT2D eigenvalue weighted by Gasteiger charge is -2.04. The summed E-state index contributed by atoms with van der Waals surface area (Å²) in [6.07, 6.45) is 0. The molecule has 0 aliphatic heterocycles. The van der Waals surface area contributed by atoms with Gasteiger partial charge in [-0.25, -0.2) is 0 Å². The summed E-state index contributed by atoms with van der Waals surface area (Å²) in [5.74, 6) is 0. The molecule has 0 saturated carbocycles. The normalized spacial score (nSPS) is 10.2. The minimum atomic E-state index is -0.499. The first-order chi connectivity index (χ1) is 9.00. The first-order valence-electron chi connectivity index (χ1n) is 5.49. The highest BCUT2D eigenvalue weighted by Gasteiger charge is 2.17. The molecule has 0 aliphatic carbocycles. The molecule has 0 bridgehead atoms. The number of hydrogen-bond donors (Lipinski definition) is 0. The summed E-state index contributed by atoms with van der Waals surface area (Å²) < 4.78 is 0. The third kappa shape index (κ3) is 2.42. The number of benzene rings is 2. The lowest BCUT2D eigenvalue weighted by molar-refractivity contribution is -0.385. The van der Waals surface area contributed by atoms with Gasteiger partial charge in [0.15, 0.2) is 0 Å². The Hall–Kier alpha value is -2.76. The van der Waals surface area contributed by atoms with Crippen LogP contribution in [0.5, 0.6) is 0 Å². The maximum Gasteiger partial charge on any atom is 0.277 e. The molecule has 6 heteroatoms. The monoisotopic (exact) mass is 258 g/mol. The maximum atomic E-state index is 11.0. The van der Waals surface area contributed by atoms with Gasteiger partial charge in [0.25, 0.3) is 11.4 Å². The molecule has 96 valence electrons. The number of para-hydroxylation sites is 1. The van der Waals surface area contributed by atoms with E-state index in [9.17, 15) is 20.2 Å². The number of hydrogen-bond acceptors (Lipinski definition) is 4. The molecule has 0 spiro atoms. The summed E-state index contributed by atoms with van der Waals surface area (Å²) in [6, 6.07) is 10.8. The molecule has 0 heterocycles. The molecule has 0 unspecified atom stereocenters. The summed E-state index contributed by atoms with van der Waals surface area (Å²) in [4.78, 5) is 20.9. The summed E-state index contributed by atoms with van der Waals surface area (Å²) in [7, 11) is 0. The molecular formula is C13H10N2O4. The molecule has 2 rings (SSSR count). The number of rotatable bonds is 3. The molecule has 0 atom stereocenters. The Balaban J connectivity index is 2.63. The van der Waals surface area contributed by atoms with E-state index in [0.29, 0.717) is 16.7 Å². The molecule has 2 aromatic carbocycles. The van der Waals surface area contributed by atoms with Crippen LogP contribution in [0.4, 0.5) is 11.4 Å². The molecule has 0 N–H and O–H groups in total. The number of nitro benzene ring substituents is 2. The molecule has 0 aliphatic rings. The summed E-state index contributed by atoms with van der Waals surface area (Å²) >= 11 is 0. The van der Waals surface area contributed by atoms with Crippen molar-refractivity contribution in [3.8, 4) is 11.1 Å². The van der Waals surface area contributed by atoms with Crippen LogP contribution in [0.3, 0.4) is 0 Å². The van der Waals surface area contributed by atoms with Gasteiger partial charge in [-0.3, -0.25) is 20.2 Å². The van der Waals surface area contributed by atoms with Gasteiger partial charge < -0.3 is 0 Å². The van der Waals surface area contributed by atoms with Crippen molar-refractivity contribution >= 4 is 11.4 Å². The van der Waals surface area contributed by atoms with Crippen molar-refractivity contribution in [2.75, 3.05) is 0 Å². The minimum Gasteiger partial charge on any atom is -0.258 e. The van der Waals surface area contributed by atoms with Crippen LogP contribution >= 0.6 is 0 Å². The second-order valence-electron chi connectivity index (χ2n) is 4.03. The quantitative estimate of drug-likeness (QED) is 0.622. The van der Waals surface area contributed by atoms with Crippen molar-refractivity contribution in [2.45, 2.75) is 6.92 Å². The highest BCUT2D eigenvalue weighted by molar-refractivity contribution is 5.75. The topological polar surface area (TPSA) is 86.3 Å². The van der Waals surface area contributed by atoms with Crippen molar-refractivity contribution in [1.82, 2.24) is 0 Å². The molecule has 0 aromatic heterocycles. The first kappa shape index (κ1) is 12.7. The van der Waals surface area contributed by atoms with Gasteiger partial charge in [0.1, 0.15) is 0 Å². The summed E-state index contributed by atoms with van der Waals surface area (Å²) in [5, 5.41) is 21.8. The highest BCUT2D eigenvalue weighted by atomic mass is 16.6. The van der Waals surface area contributed by atoms with E-state index in [2.05, 4.69) is 0 Å². The van der Waals surface area contributed by atoms with Crippen molar-refractivity contribution in [3.05, 3.63) is 68.3 Å². The smallest absolute Gasteiger partial charge is 0.258 e. The Labute approximate surface area is 108 Å².